The van der Waals surface area contributed by atoms with Crippen molar-refractivity contribution in [2.75, 3.05) is 14.2 Å². The summed E-state index contributed by atoms with van der Waals surface area (Å²) >= 11 is 0. The number of nitrogens with zero attached hydrogens (tertiary/aromatic N) is 4. The van der Waals surface area contributed by atoms with Gasteiger partial charge < -0.3 is 14.2 Å². The number of hydrogen-bond donors (Lipinski definition) is 0. The second kappa shape index (κ2) is 11.5. The highest BCUT2D eigenvalue weighted by Gasteiger charge is 2.16. The van der Waals surface area contributed by atoms with Crippen LogP contribution in [0.5, 0.6) is 17.2 Å². The molecule has 11 nitrogen and oxygen atoms in total. The number of ether oxygens (including phenoxy) is 3. The lowest BCUT2D eigenvalue weighted by Gasteiger charge is -2.11. The summed E-state index contributed by atoms with van der Waals surface area (Å²) in [4.78, 5) is 41.0. The molecular formula is C30H22N4O7. The zero-order chi connectivity index (χ0) is 28.9. The molecule has 0 amide bonds. The Kier molecular flexibility index (Phi) is 7.50. The van der Waals surface area contributed by atoms with E-state index in [1.165, 1.54) is 48.3 Å². The van der Waals surface area contributed by atoms with Crippen LogP contribution in [-0.4, -0.2) is 41.0 Å². The first kappa shape index (κ1) is 26.8. The molecule has 0 aliphatic rings. The molecule has 0 atom stereocenters. The highest BCUT2D eigenvalue weighted by atomic mass is 16.6. The van der Waals surface area contributed by atoms with Crippen molar-refractivity contribution in [2.24, 2.45) is 5.10 Å². The second-order valence-corrected chi connectivity index (χ2v) is 8.65. The molecule has 41 heavy (non-hydrogen) atoms. The maximum Gasteiger partial charge on any atom is 0.343 e. The van der Waals surface area contributed by atoms with Gasteiger partial charge >= 0.3 is 5.97 Å². The molecule has 1 heterocycles. The SMILES string of the molecule is COc1ccc(-c2nc3ccccc3c(=O)n2N=Cc2ccc(OC(=O)c3ccc([N+](=O)[O-])cc3)c(OC)c2)cc1. The van der Waals surface area contributed by atoms with Crippen LogP contribution in [0.15, 0.2) is 101 Å². The van der Waals surface area contributed by atoms with E-state index >= 15 is 0 Å². The van der Waals surface area contributed by atoms with Crippen LogP contribution in [0.4, 0.5) is 5.69 Å². The topological polar surface area (TPSA) is 135 Å². The monoisotopic (exact) mass is 550 g/mol. The Hall–Kier alpha value is -5.84. The molecule has 0 aliphatic heterocycles. The molecule has 0 saturated carbocycles. The number of nitro groups is 1. The summed E-state index contributed by atoms with van der Waals surface area (Å²) in [6.07, 6.45) is 1.47. The maximum absolute atomic E-state index is 13.4. The Morgan fingerprint density at radius 3 is 2.34 bits per heavy atom. The van der Waals surface area contributed by atoms with Crippen LogP contribution in [-0.2, 0) is 0 Å². The van der Waals surface area contributed by atoms with E-state index in [0.717, 1.165) is 0 Å². The van der Waals surface area contributed by atoms with Gasteiger partial charge in [0.15, 0.2) is 17.3 Å². The molecule has 0 bridgehead atoms. The lowest BCUT2D eigenvalue weighted by Crippen LogP contribution is -2.20. The number of benzene rings is 4. The molecule has 5 rings (SSSR count). The molecular weight excluding hydrogens is 528 g/mol. The van der Waals surface area contributed by atoms with Gasteiger partial charge in [0.2, 0.25) is 0 Å². The fourth-order valence-electron chi connectivity index (χ4n) is 4.01. The average molecular weight is 551 g/mol. The first-order valence-corrected chi connectivity index (χ1v) is 12.2. The second-order valence-electron chi connectivity index (χ2n) is 8.65. The van der Waals surface area contributed by atoms with Crippen LogP contribution in [0.3, 0.4) is 0 Å². The van der Waals surface area contributed by atoms with Crippen molar-refractivity contribution in [3.63, 3.8) is 0 Å². The highest BCUT2D eigenvalue weighted by molar-refractivity contribution is 5.92. The number of methoxy groups -OCH3 is 2. The van der Waals surface area contributed by atoms with Crippen molar-refractivity contribution >= 4 is 28.8 Å². The summed E-state index contributed by atoms with van der Waals surface area (Å²) in [5, 5.41) is 15.7. The van der Waals surface area contributed by atoms with E-state index in [1.807, 2.05) is 6.07 Å². The van der Waals surface area contributed by atoms with E-state index in [-0.39, 0.29) is 28.3 Å². The number of fused-ring (bicyclic) bond motifs is 1. The Labute approximate surface area is 233 Å². The summed E-state index contributed by atoms with van der Waals surface area (Å²) in [6.45, 7) is 0. The highest BCUT2D eigenvalue weighted by Crippen LogP contribution is 2.29. The van der Waals surface area contributed by atoms with E-state index in [1.54, 1.807) is 61.7 Å². The smallest absolute Gasteiger partial charge is 0.343 e. The third-order valence-electron chi connectivity index (χ3n) is 6.13. The Morgan fingerprint density at radius 1 is 0.927 bits per heavy atom. The van der Waals surface area contributed by atoms with Gasteiger partial charge in [-0.15, -0.1) is 0 Å². The molecule has 0 unspecified atom stereocenters. The third kappa shape index (κ3) is 5.64. The number of para-hydroxylation sites is 1. The number of nitro benzene ring substituents is 1. The van der Waals surface area contributed by atoms with Gasteiger partial charge in [-0.2, -0.15) is 9.78 Å². The van der Waals surface area contributed by atoms with Crippen LogP contribution in [0, 0.1) is 10.1 Å². The van der Waals surface area contributed by atoms with E-state index in [4.69, 9.17) is 14.2 Å². The van der Waals surface area contributed by atoms with Crippen molar-refractivity contribution in [1.82, 2.24) is 9.66 Å². The average Bonchev–Trinajstić information content (AvgIpc) is 3.01. The van der Waals surface area contributed by atoms with Gasteiger partial charge in [-0.05, 0) is 72.3 Å². The molecule has 0 aliphatic carbocycles. The summed E-state index contributed by atoms with van der Waals surface area (Å²) in [5.74, 6) is 0.666. The molecule has 0 N–H and O–H groups in total. The Morgan fingerprint density at radius 2 is 1.66 bits per heavy atom. The van der Waals surface area contributed by atoms with Gasteiger partial charge in [-0.25, -0.2) is 9.78 Å². The van der Waals surface area contributed by atoms with E-state index < -0.39 is 10.9 Å². The predicted molar refractivity (Wildman–Crippen MR) is 152 cm³/mol. The predicted octanol–water partition coefficient (Wildman–Crippen LogP) is 5.09. The van der Waals surface area contributed by atoms with Crippen LogP contribution < -0.4 is 19.8 Å². The first-order valence-electron chi connectivity index (χ1n) is 12.2. The van der Waals surface area contributed by atoms with Crippen LogP contribution in [0.2, 0.25) is 0 Å². The summed E-state index contributed by atoms with van der Waals surface area (Å²) in [6, 6.07) is 23.9. The quantitative estimate of drug-likeness (QED) is 0.0857. The minimum Gasteiger partial charge on any atom is -0.497 e. The number of aromatic nitrogens is 2. The Balaban J connectivity index is 1.47. The largest absolute Gasteiger partial charge is 0.497 e. The molecule has 1 aromatic heterocycles. The first-order chi connectivity index (χ1) is 19.9. The lowest BCUT2D eigenvalue weighted by molar-refractivity contribution is -0.384. The molecule has 4 aromatic carbocycles. The fourth-order valence-corrected chi connectivity index (χ4v) is 4.01. The Bertz CT molecular complexity index is 1850. The van der Waals surface area contributed by atoms with Crippen LogP contribution >= 0.6 is 0 Å². The van der Waals surface area contributed by atoms with Gasteiger partial charge in [0.05, 0.1) is 41.8 Å². The number of hydrogen-bond acceptors (Lipinski definition) is 9. The maximum atomic E-state index is 13.4. The molecule has 0 spiro atoms. The molecule has 11 heteroatoms. The number of carbonyl (C=O) groups is 1. The molecule has 0 fully saturated rings. The fraction of sp³-hybridized carbons (Fsp3) is 0.0667. The van der Waals surface area contributed by atoms with Crippen LogP contribution in [0.1, 0.15) is 15.9 Å². The van der Waals surface area contributed by atoms with Crippen molar-refractivity contribution in [1.29, 1.82) is 0 Å². The van der Waals surface area contributed by atoms with Gasteiger partial charge in [0.25, 0.3) is 11.2 Å². The summed E-state index contributed by atoms with van der Waals surface area (Å²) in [7, 11) is 2.98. The zero-order valence-electron chi connectivity index (χ0n) is 21.9. The van der Waals surface area contributed by atoms with Crippen LogP contribution in [0.25, 0.3) is 22.3 Å². The van der Waals surface area contributed by atoms with E-state index in [2.05, 4.69) is 10.1 Å². The van der Waals surface area contributed by atoms with Crippen molar-refractivity contribution in [3.05, 3.63) is 123 Å². The standard InChI is InChI=1S/C30H22N4O7/c1-39-23-14-10-20(11-15-23)28-32-25-6-4-3-5-24(25)29(35)33(28)31-18-19-7-16-26(27(17-19)40-2)41-30(36)21-8-12-22(13-9-21)34(37)38/h3-18H,1-2H3. The number of non-ortho nitro benzene ring substituents is 1. The number of esters is 1. The van der Waals surface area contributed by atoms with Crippen molar-refractivity contribution < 1.29 is 23.9 Å². The normalized spacial score (nSPS) is 11.0. The summed E-state index contributed by atoms with van der Waals surface area (Å²) < 4.78 is 17.3. The molecule has 0 saturated heterocycles. The van der Waals surface area contributed by atoms with E-state index in [0.29, 0.717) is 33.6 Å². The number of rotatable bonds is 8. The zero-order valence-corrected chi connectivity index (χ0v) is 21.9. The van der Waals surface area contributed by atoms with E-state index in [9.17, 15) is 19.7 Å². The molecule has 204 valence electrons. The lowest BCUT2D eigenvalue weighted by atomic mass is 10.2. The van der Waals surface area contributed by atoms with Crippen molar-refractivity contribution in [2.45, 2.75) is 0 Å². The minimum absolute atomic E-state index is 0.136. The van der Waals surface area contributed by atoms with Gasteiger partial charge in [0.1, 0.15) is 5.75 Å². The van der Waals surface area contributed by atoms with Gasteiger partial charge in [-0.3, -0.25) is 14.9 Å². The van der Waals surface area contributed by atoms with Crippen molar-refractivity contribution in [3.8, 4) is 28.6 Å². The van der Waals surface area contributed by atoms with Gasteiger partial charge in [-0.1, -0.05) is 12.1 Å². The molecule has 5 aromatic rings. The third-order valence-corrected chi connectivity index (χ3v) is 6.13. The molecule has 0 radical (unpaired) electrons. The minimum atomic E-state index is -0.711. The summed E-state index contributed by atoms with van der Waals surface area (Å²) in [5.41, 5.74) is 1.40. The number of carbonyl (C=O) groups excluding carboxylic acids is 1. The van der Waals surface area contributed by atoms with Gasteiger partial charge in [0, 0.05) is 17.7 Å².